The number of nitrogens with zero attached hydrogens (tertiary/aromatic N) is 1. The molecule has 0 aliphatic rings. The summed E-state index contributed by atoms with van der Waals surface area (Å²) in [5.74, 6) is -0.0308. The van der Waals surface area contributed by atoms with E-state index in [1.165, 1.54) is 16.9 Å². The van der Waals surface area contributed by atoms with Gasteiger partial charge in [0.1, 0.15) is 0 Å². The Morgan fingerprint density at radius 1 is 1.53 bits per heavy atom. The van der Waals surface area contributed by atoms with Gasteiger partial charge in [0.15, 0.2) is 5.13 Å². The molecule has 0 saturated carbocycles. The van der Waals surface area contributed by atoms with E-state index in [0.29, 0.717) is 5.13 Å². The van der Waals surface area contributed by atoms with Gasteiger partial charge in [-0.2, -0.15) is 0 Å². The van der Waals surface area contributed by atoms with Crippen molar-refractivity contribution in [2.75, 3.05) is 5.32 Å². The maximum absolute atomic E-state index is 11.9. The zero-order valence-electron chi connectivity index (χ0n) is 10.7. The maximum Gasteiger partial charge on any atom is 0.239 e. The van der Waals surface area contributed by atoms with Crippen LogP contribution >= 0.6 is 43.2 Å². The van der Waals surface area contributed by atoms with Gasteiger partial charge in [-0.25, -0.2) is 4.98 Å². The van der Waals surface area contributed by atoms with Crippen molar-refractivity contribution in [2.45, 2.75) is 31.5 Å². The van der Waals surface area contributed by atoms with Crippen molar-refractivity contribution in [1.29, 1.82) is 0 Å². The highest BCUT2D eigenvalue weighted by Crippen LogP contribution is 2.30. The van der Waals surface area contributed by atoms with Crippen LogP contribution in [0.1, 0.15) is 25.3 Å². The molecule has 0 saturated heterocycles. The average Bonchev–Trinajstić information content (AvgIpc) is 2.71. The molecule has 1 atom stereocenters. The number of benzene rings is 1. The normalized spacial score (nSPS) is 12.6. The van der Waals surface area contributed by atoms with E-state index in [1.54, 1.807) is 0 Å². The number of rotatable bonds is 4. The van der Waals surface area contributed by atoms with E-state index in [9.17, 15) is 4.79 Å². The number of amides is 1. The largest absolute Gasteiger partial charge is 0.301 e. The Kier molecular flexibility index (Phi) is 4.97. The molecule has 1 aromatic heterocycles. The van der Waals surface area contributed by atoms with Crippen molar-refractivity contribution >= 4 is 64.5 Å². The van der Waals surface area contributed by atoms with Crippen LogP contribution in [0.15, 0.2) is 16.6 Å². The van der Waals surface area contributed by atoms with Gasteiger partial charge in [-0.15, -0.1) is 0 Å². The summed E-state index contributed by atoms with van der Waals surface area (Å²) in [6.07, 6.45) is 1.79. The fraction of sp³-hybridized carbons (Fsp3) is 0.385. The van der Waals surface area contributed by atoms with Crippen LogP contribution in [0.25, 0.3) is 10.2 Å². The summed E-state index contributed by atoms with van der Waals surface area (Å²) in [5, 5.41) is 3.51. The number of halogens is 2. The Morgan fingerprint density at radius 2 is 2.26 bits per heavy atom. The molecule has 0 fully saturated rings. The summed E-state index contributed by atoms with van der Waals surface area (Å²) >= 11 is 8.37. The summed E-state index contributed by atoms with van der Waals surface area (Å²) in [4.78, 5) is 16.2. The lowest BCUT2D eigenvalue weighted by atomic mass is 10.2. The molecule has 0 unspecified atom stereocenters. The van der Waals surface area contributed by atoms with E-state index in [1.807, 2.05) is 13.0 Å². The number of thiazole rings is 1. The lowest BCUT2D eigenvalue weighted by Gasteiger charge is -2.06. The first-order chi connectivity index (χ1) is 9.01. The fourth-order valence-electron chi connectivity index (χ4n) is 1.67. The predicted molar refractivity (Wildman–Crippen MR) is 88.3 cm³/mol. The Balaban J connectivity index is 2.20. The van der Waals surface area contributed by atoms with Gasteiger partial charge in [0.25, 0.3) is 0 Å². The van der Waals surface area contributed by atoms with Crippen LogP contribution in [0.3, 0.4) is 0 Å². The summed E-state index contributed by atoms with van der Waals surface area (Å²) in [7, 11) is 0. The van der Waals surface area contributed by atoms with E-state index in [-0.39, 0.29) is 10.7 Å². The molecule has 0 radical (unpaired) electrons. The molecule has 0 spiro atoms. The highest BCUT2D eigenvalue weighted by atomic mass is 79.9. The number of hydrogen-bond donors (Lipinski definition) is 1. The third-order valence-corrected chi connectivity index (χ3v) is 5.39. The van der Waals surface area contributed by atoms with E-state index in [0.717, 1.165) is 27.5 Å². The predicted octanol–water partition coefficient (Wildman–Crippen LogP) is 4.87. The minimum atomic E-state index is -0.155. The number of carbonyl (C=O) groups is 1. The van der Waals surface area contributed by atoms with Gasteiger partial charge in [-0.1, -0.05) is 56.5 Å². The number of hydrogen-bond acceptors (Lipinski definition) is 3. The highest BCUT2D eigenvalue weighted by Gasteiger charge is 2.15. The third kappa shape index (κ3) is 3.55. The van der Waals surface area contributed by atoms with Gasteiger partial charge in [0, 0.05) is 4.47 Å². The molecule has 1 amide bonds. The van der Waals surface area contributed by atoms with Gasteiger partial charge in [-0.3, -0.25) is 4.79 Å². The van der Waals surface area contributed by atoms with Crippen LogP contribution in [0.5, 0.6) is 0 Å². The van der Waals surface area contributed by atoms with Gasteiger partial charge < -0.3 is 5.32 Å². The Hall–Kier alpha value is -0.460. The topological polar surface area (TPSA) is 42.0 Å². The minimum absolute atomic E-state index is 0.0308. The standard InChI is InChI=1S/C13H14Br2N2OS/c1-3-4-8(14)12(18)17-13-16-10-6-9(15)7(2)5-11(10)19-13/h5-6,8H,3-4H2,1-2H3,(H,16,17,18)/t8-/m1/s1. The molecule has 3 nitrogen and oxygen atoms in total. The van der Waals surface area contributed by atoms with Gasteiger partial charge >= 0.3 is 0 Å². The zero-order chi connectivity index (χ0) is 14.0. The molecule has 1 N–H and O–H groups in total. The second-order valence-electron chi connectivity index (χ2n) is 4.33. The quantitative estimate of drug-likeness (QED) is 0.737. The van der Waals surface area contributed by atoms with Crippen LogP contribution in [-0.2, 0) is 4.79 Å². The van der Waals surface area contributed by atoms with Gasteiger partial charge in [-0.05, 0) is 31.0 Å². The molecule has 0 aliphatic heterocycles. The SMILES string of the molecule is CCC[C@@H](Br)C(=O)Nc1nc2cc(Br)c(C)cc2s1. The lowest BCUT2D eigenvalue weighted by molar-refractivity contribution is -0.115. The summed E-state index contributed by atoms with van der Waals surface area (Å²) < 4.78 is 2.12. The van der Waals surface area contributed by atoms with E-state index in [2.05, 4.69) is 55.2 Å². The molecular weight excluding hydrogens is 392 g/mol. The van der Waals surface area contributed by atoms with Crippen LogP contribution in [0.2, 0.25) is 0 Å². The van der Waals surface area contributed by atoms with Crippen LogP contribution in [0.4, 0.5) is 5.13 Å². The molecule has 2 rings (SSSR count). The van der Waals surface area contributed by atoms with Crippen molar-refractivity contribution in [3.63, 3.8) is 0 Å². The summed E-state index contributed by atoms with van der Waals surface area (Å²) in [6, 6.07) is 4.05. The summed E-state index contributed by atoms with van der Waals surface area (Å²) in [6.45, 7) is 4.09. The average molecular weight is 406 g/mol. The van der Waals surface area contributed by atoms with Crippen molar-refractivity contribution in [1.82, 2.24) is 4.98 Å². The molecule has 0 aliphatic carbocycles. The van der Waals surface area contributed by atoms with Crippen LogP contribution in [0, 0.1) is 6.92 Å². The maximum atomic E-state index is 11.9. The van der Waals surface area contributed by atoms with Crippen molar-refractivity contribution in [3.8, 4) is 0 Å². The van der Waals surface area contributed by atoms with Gasteiger partial charge in [0.05, 0.1) is 15.0 Å². The van der Waals surface area contributed by atoms with E-state index in [4.69, 9.17) is 0 Å². The smallest absolute Gasteiger partial charge is 0.239 e. The van der Waals surface area contributed by atoms with Crippen LogP contribution in [-0.4, -0.2) is 15.7 Å². The van der Waals surface area contributed by atoms with Crippen molar-refractivity contribution < 1.29 is 4.79 Å². The Morgan fingerprint density at radius 3 is 2.95 bits per heavy atom. The second kappa shape index (κ2) is 6.33. The monoisotopic (exact) mass is 404 g/mol. The number of carbonyl (C=O) groups excluding carboxylic acids is 1. The fourth-order valence-corrected chi connectivity index (χ4v) is 3.52. The number of anilines is 1. The first-order valence-corrected chi connectivity index (χ1v) is 8.55. The Labute approximate surface area is 133 Å². The highest BCUT2D eigenvalue weighted by molar-refractivity contribution is 9.10. The van der Waals surface area contributed by atoms with E-state index >= 15 is 0 Å². The van der Waals surface area contributed by atoms with Crippen molar-refractivity contribution in [2.24, 2.45) is 0 Å². The first kappa shape index (κ1) is 14.9. The molecule has 1 heterocycles. The second-order valence-corrected chi connectivity index (χ2v) is 7.32. The molecule has 102 valence electrons. The first-order valence-electron chi connectivity index (χ1n) is 6.03. The van der Waals surface area contributed by atoms with Crippen molar-refractivity contribution in [3.05, 3.63) is 22.2 Å². The molecule has 2 aromatic rings. The lowest BCUT2D eigenvalue weighted by Crippen LogP contribution is -2.22. The number of nitrogens with one attached hydrogen (secondary N) is 1. The number of aryl methyl sites for hydroxylation is 1. The Bertz CT molecular complexity index is 573. The molecule has 0 bridgehead atoms. The molecule has 1 aromatic carbocycles. The summed E-state index contributed by atoms with van der Waals surface area (Å²) in [5.41, 5.74) is 2.07. The van der Waals surface area contributed by atoms with Gasteiger partial charge in [0.2, 0.25) is 5.91 Å². The number of fused-ring (bicyclic) bond motifs is 1. The van der Waals surface area contributed by atoms with E-state index < -0.39 is 0 Å². The third-order valence-electron chi connectivity index (χ3n) is 2.73. The molecule has 6 heteroatoms. The zero-order valence-corrected chi connectivity index (χ0v) is 14.7. The molecule has 19 heavy (non-hydrogen) atoms. The van der Waals surface area contributed by atoms with Crippen LogP contribution < -0.4 is 5.32 Å². The molecular formula is C13H14Br2N2OS. The minimum Gasteiger partial charge on any atom is -0.301 e. The number of aromatic nitrogens is 1. The number of alkyl halides is 1.